The molecule has 0 aromatic carbocycles. The largest absolute Gasteiger partial charge is 4.00 e. The maximum atomic E-state index is 0. The van der Waals surface area contributed by atoms with Crippen LogP contribution in [0.5, 0.6) is 0 Å². The van der Waals surface area contributed by atoms with Crippen LogP contribution in [0.1, 0.15) is 0 Å². The van der Waals surface area contributed by atoms with Gasteiger partial charge in [0.2, 0.25) is 0 Å². The first-order valence-corrected chi connectivity index (χ1v) is 0. The SMILES string of the molecule is [N-3].[N-3].[N-3].[N-3].[Ru+4].[Ru+4].[Ru+4]. The summed E-state index contributed by atoms with van der Waals surface area (Å²) in [5.74, 6) is 0. The molecule has 0 aliphatic carbocycles. The third kappa shape index (κ3) is 86.0. The first kappa shape index (κ1) is 177. The fraction of sp³-hybridized carbons (Fsp3) is 0. The molecule has 0 aliphatic rings. The minimum Gasteiger partial charge on any atom is -3.00 e. The van der Waals surface area contributed by atoms with Crippen LogP contribution in [0.4, 0.5) is 0 Å². The summed E-state index contributed by atoms with van der Waals surface area (Å²) in [5, 5.41) is 0. The van der Waals surface area contributed by atoms with Gasteiger partial charge >= 0.3 is 58.4 Å². The maximum absolute atomic E-state index is 0. The second-order valence-electron chi connectivity index (χ2n) is 0. The molecule has 0 fully saturated rings. The van der Waals surface area contributed by atoms with Gasteiger partial charge in [0.25, 0.3) is 0 Å². The van der Waals surface area contributed by atoms with E-state index in [0.717, 1.165) is 0 Å². The molecule has 0 bridgehead atoms. The molecule has 44 valence electrons. The second-order valence-corrected chi connectivity index (χ2v) is 0. The van der Waals surface area contributed by atoms with Crippen LogP contribution in [-0.2, 0) is 58.4 Å². The molecule has 0 saturated carbocycles. The van der Waals surface area contributed by atoms with E-state index in [1.807, 2.05) is 0 Å². The Morgan fingerprint density at radius 3 is 0.286 bits per heavy atom. The zero-order chi connectivity index (χ0) is 0. The van der Waals surface area contributed by atoms with Crippen molar-refractivity contribution >= 4 is 0 Å². The van der Waals surface area contributed by atoms with Crippen LogP contribution in [0.2, 0.25) is 0 Å². The standard InChI is InChI=1S/4N.3Ru/q4*-3;3*+4. The van der Waals surface area contributed by atoms with Crippen LogP contribution in [0, 0.1) is 0 Å². The van der Waals surface area contributed by atoms with E-state index >= 15 is 0 Å². The summed E-state index contributed by atoms with van der Waals surface area (Å²) in [4.78, 5) is 0. The summed E-state index contributed by atoms with van der Waals surface area (Å²) in [6, 6.07) is 0. The van der Waals surface area contributed by atoms with E-state index in [1.54, 1.807) is 0 Å². The summed E-state index contributed by atoms with van der Waals surface area (Å²) in [7, 11) is 0. The quantitative estimate of drug-likeness (QED) is 0.576. The second kappa shape index (κ2) is 119. The average molecular weight is 359 g/mol. The summed E-state index contributed by atoms with van der Waals surface area (Å²) >= 11 is 0. The normalized spacial score (nSPS) is 0. The predicted molar refractivity (Wildman–Crippen MR) is 13.4 cm³/mol. The first-order chi connectivity index (χ1) is 0. The van der Waals surface area contributed by atoms with Crippen molar-refractivity contribution in [1.29, 1.82) is 0 Å². The monoisotopic (exact) mass is 362 g/mol. The smallest absolute Gasteiger partial charge is 3.00 e. The molecule has 0 aliphatic heterocycles. The van der Waals surface area contributed by atoms with Crippen LogP contribution in [-0.4, -0.2) is 0 Å². The number of hydrogen-bond donors (Lipinski definition) is 0. The molecule has 4 nitrogen and oxygen atoms in total. The van der Waals surface area contributed by atoms with Crippen LogP contribution in [0.3, 0.4) is 0 Å². The van der Waals surface area contributed by atoms with Gasteiger partial charge in [-0.15, -0.1) is 0 Å². The van der Waals surface area contributed by atoms with Crippen molar-refractivity contribution < 1.29 is 58.4 Å². The molecule has 0 aromatic rings. The van der Waals surface area contributed by atoms with Crippen molar-refractivity contribution in [2.24, 2.45) is 0 Å². The first-order valence-electron chi connectivity index (χ1n) is 0. The van der Waals surface area contributed by atoms with Crippen molar-refractivity contribution in [3.8, 4) is 0 Å². The minimum atomic E-state index is 0. The van der Waals surface area contributed by atoms with Crippen molar-refractivity contribution in [1.82, 2.24) is 0 Å². The van der Waals surface area contributed by atoms with Gasteiger partial charge in [-0.25, -0.2) is 0 Å². The summed E-state index contributed by atoms with van der Waals surface area (Å²) in [6.45, 7) is 0. The Balaban J connectivity index is 0. The zero-order valence-corrected chi connectivity index (χ0v) is 8.06. The Hall–Kier alpha value is 1.71. The van der Waals surface area contributed by atoms with Crippen molar-refractivity contribution in [2.75, 3.05) is 0 Å². The Morgan fingerprint density at radius 1 is 0.286 bits per heavy atom. The molecule has 0 aromatic heterocycles. The molecule has 0 spiro atoms. The van der Waals surface area contributed by atoms with E-state index in [9.17, 15) is 0 Å². The molecular weight excluding hydrogens is 359 g/mol. The van der Waals surface area contributed by atoms with E-state index in [1.165, 1.54) is 0 Å². The van der Waals surface area contributed by atoms with E-state index in [2.05, 4.69) is 0 Å². The average Bonchev–Trinajstić information content (AvgIpc) is 0. The van der Waals surface area contributed by atoms with E-state index in [0.29, 0.717) is 0 Å². The fourth-order valence-corrected chi connectivity index (χ4v) is 0. The van der Waals surface area contributed by atoms with Gasteiger partial charge in [0.15, 0.2) is 0 Å². The summed E-state index contributed by atoms with van der Waals surface area (Å²) in [5.41, 5.74) is 0. The van der Waals surface area contributed by atoms with Gasteiger partial charge in [-0.3, -0.25) is 0 Å². The van der Waals surface area contributed by atoms with Crippen LogP contribution >= 0.6 is 0 Å². The predicted octanol–water partition coefficient (Wildman–Crippen LogP) is 1.15. The van der Waals surface area contributed by atoms with Gasteiger partial charge in [0.1, 0.15) is 0 Å². The Bertz CT molecular complexity index is 6.90. The topological polar surface area (TPSA) is 122 Å². The van der Waals surface area contributed by atoms with Crippen molar-refractivity contribution in [3.05, 3.63) is 24.6 Å². The third-order valence-corrected chi connectivity index (χ3v) is 0. The van der Waals surface area contributed by atoms with Crippen molar-refractivity contribution in [2.45, 2.75) is 0 Å². The number of nitrogens with zero attached hydrogens (tertiary/aromatic N) is 4. The van der Waals surface area contributed by atoms with Gasteiger partial charge in [0, 0.05) is 0 Å². The molecule has 0 N–H and O–H groups in total. The summed E-state index contributed by atoms with van der Waals surface area (Å²) < 4.78 is 0. The molecule has 0 atom stereocenters. The van der Waals surface area contributed by atoms with Gasteiger partial charge in [0.05, 0.1) is 0 Å². The van der Waals surface area contributed by atoms with Gasteiger partial charge < -0.3 is 24.6 Å². The van der Waals surface area contributed by atoms with Crippen molar-refractivity contribution in [3.63, 3.8) is 0 Å². The van der Waals surface area contributed by atoms with Crippen LogP contribution in [0.25, 0.3) is 24.6 Å². The Kier molecular flexibility index (Phi) is 3000. The number of hydrogen-bond acceptors (Lipinski definition) is 0. The Labute approximate surface area is 82.6 Å². The van der Waals surface area contributed by atoms with Crippen LogP contribution < -0.4 is 0 Å². The molecule has 7 heavy (non-hydrogen) atoms. The molecule has 0 unspecified atom stereocenters. The van der Waals surface area contributed by atoms with Gasteiger partial charge in [-0.1, -0.05) is 0 Å². The molecule has 0 heterocycles. The van der Waals surface area contributed by atoms with Crippen LogP contribution in [0.15, 0.2) is 0 Å². The van der Waals surface area contributed by atoms with Gasteiger partial charge in [-0.2, -0.15) is 0 Å². The number of rotatable bonds is 0. The molecule has 0 amide bonds. The third-order valence-electron chi connectivity index (χ3n) is 0. The molecule has 0 radical (unpaired) electrons. The van der Waals surface area contributed by atoms with Gasteiger partial charge in [-0.05, 0) is 0 Å². The van der Waals surface area contributed by atoms with E-state index < -0.39 is 0 Å². The molecular formula is N4Ru3. The molecule has 7 heteroatoms. The molecule has 0 saturated heterocycles. The minimum absolute atomic E-state index is 0. The summed E-state index contributed by atoms with van der Waals surface area (Å²) in [6.07, 6.45) is 0. The fourth-order valence-electron chi connectivity index (χ4n) is 0. The zero-order valence-electron chi connectivity index (χ0n) is 2.85. The Morgan fingerprint density at radius 2 is 0.286 bits per heavy atom. The van der Waals surface area contributed by atoms with E-state index in [4.69, 9.17) is 0 Å². The maximum Gasteiger partial charge on any atom is 4.00 e. The van der Waals surface area contributed by atoms with E-state index in [-0.39, 0.29) is 83.0 Å². The molecule has 0 rings (SSSR count).